The Bertz CT molecular complexity index is 876. The van der Waals surface area contributed by atoms with Crippen LogP contribution in [0.25, 0.3) is 0 Å². The summed E-state index contributed by atoms with van der Waals surface area (Å²) < 4.78 is 14.0. The Kier molecular flexibility index (Phi) is 8.00. The van der Waals surface area contributed by atoms with Gasteiger partial charge >= 0.3 is 0 Å². The summed E-state index contributed by atoms with van der Waals surface area (Å²) in [6.45, 7) is 5.10. The smallest absolute Gasteiger partial charge is 0.243 e. The van der Waals surface area contributed by atoms with E-state index in [1.54, 1.807) is 24.4 Å². The number of halogens is 1. The minimum Gasteiger partial charge on any atom is -0.353 e. The van der Waals surface area contributed by atoms with E-state index in [0.717, 1.165) is 56.9 Å². The summed E-state index contributed by atoms with van der Waals surface area (Å²) in [5.74, 6) is -0.228. The Morgan fingerprint density at radius 1 is 1.23 bits per heavy atom. The molecule has 1 N–H and O–H groups in total. The van der Waals surface area contributed by atoms with E-state index in [4.69, 9.17) is 0 Å². The van der Waals surface area contributed by atoms with Gasteiger partial charge in [0, 0.05) is 24.4 Å². The summed E-state index contributed by atoms with van der Waals surface area (Å²) in [5, 5.41) is 3.01. The third-order valence-electron chi connectivity index (χ3n) is 6.85. The summed E-state index contributed by atoms with van der Waals surface area (Å²) in [7, 11) is 0. The molecule has 0 aliphatic heterocycles. The number of benzene rings is 1. The molecule has 1 heterocycles. The molecule has 0 saturated heterocycles. The molecule has 0 radical (unpaired) electrons. The number of aryl methyl sites for hydroxylation is 1. The fourth-order valence-corrected chi connectivity index (χ4v) is 4.59. The summed E-state index contributed by atoms with van der Waals surface area (Å²) in [6, 6.07) is 11.0. The first-order valence-corrected chi connectivity index (χ1v) is 11.6. The average molecular weight is 423 g/mol. The lowest BCUT2D eigenvalue weighted by Gasteiger charge is -2.38. The summed E-state index contributed by atoms with van der Waals surface area (Å²) >= 11 is 0. The summed E-state index contributed by atoms with van der Waals surface area (Å²) in [6.07, 6.45) is 15.7. The standard InChI is InChI=1S/C27H35FN2O/c1-3-4-14-26(2,23-11-7-12-24(28)20-23)27(16-17-27)15-13-25(31)30-19-6-5-9-22-10-8-18-29-21-22/h7-8,10-13,15,18,20-21H,3-6,9,14,16-17,19H2,1-2H3,(H,30,31)/b15-13+. The third kappa shape index (κ3) is 6.03. The van der Waals surface area contributed by atoms with Gasteiger partial charge in [-0.2, -0.15) is 0 Å². The Morgan fingerprint density at radius 2 is 2.06 bits per heavy atom. The molecule has 1 aromatic carbocycles. The van der Waals surface area contributed by atoms with Crippen molar-refractivity contribution in [3.63, 3.8) is 0 Å². The second kappa shape index (κ2) is 10.7. The summed E-state index contributed by atoms with van der Waals surface area (Å²) in [5.41, 5.74) is 2.05. The van der Waals surface area contributed by atoms with Crippen LogP contribution in [0.3, 0.4) is 0 Å². The van der Waals surface area contributed by atoms with Crippen molar-refractivity contribution in [2.24, 2.45) is 5.41 Å². The average Bonchev–Trinajstić information content (AvgIpc) is 3.58. The fraction of sp³-hybridized carbons (Fsp3) is 0.481. The number of unbranched alkanes of at least 4 members (excludes halogenated alkanes) is 2. The number of nitrogens with one attached hydrogen (secondary N) is 1. The second-order valence-electron chi connectivity index (χ2n) is 9.04. The van der Waals surface area contributed by atoms with E-state index in [9.17, 15) is 9.18 Å². The topological polar surface area (TPSA) is 42.0 Å². The highest BCUT2D eigenvalue weighted by Gasteiger charge is 2.55. The van der Waals surface area contributed by atoms with Crippen LogP contribution in [0.1, 0.15) is 69.9 Å². The Balaban J connectivity index is 1.55. The Hall–Kier alpha value is -2.49. The number of hydrogen-bond acceptors (Lipinski definition) is 2. The van der Waals surface area contributed by atoms with Crippen molar-refractivity contribution in [3.05, 3.63) is 77.9 Å². The number of carbonyl (C=O) groups is 1. The third-order valence-corrected chi connectivity index (χ3v) is 6.85. The maximum Gasteiger partial charge on any atom is 0.243 e. The molecule has 0 bridgehead atoms. The van der Waals surface area contributed by atoms with Crippen LogP contribution in [0.5, 0.6) is 0 Å². The van der Waals surface area contributed by atoms with Crippen LogP contribution in [-0.2, 0) is 16.6 Å². The lowest BCUT2D eigenvalue weighted by atomic mass is 9.66. The van der Waals surface area contributed by atoms with Gasteiger partial charge in [0.15, 0.2) is 0 Å². The molecule has 1 saturated carbocycles. The number of aromatic nitrogens is 1. The van der Waals surface area contributed by atoms with Crippen LogP contribution < -0.4 is 5.32 Å². The van der Waals surface area contributed by atoms with Crippen LogP contribution in [0, 0.1) is 11.2 Å². The van der Waals surface area contributed by atoms with Gasteiger partial charge in [-0.15, -0.1) is 0 Å². The molecule has 31 heavy (non-hydrogen) atoms. The van der Waals surface area contributed by atoms with Crippen molar-refractivity contribution in [2.75, 3.05) is 6.54 Å². The first-order chi connectivity index (χ1) is 15.0. The maximum absolute atomic E-state index is 14.0. The van der Waals surface area contributed by atoms with E-state index < -0.39 is 0 Å². The molecule has 166 valence electrons. The quantitative estimate of drug-likeness (QED) is 0.329. The number of allylic oxidation sites excluding steroid dienone is 1. The SMILES string of the molecule is CCCCC(C)(c1cccc(F)c1)C1(/C=C/C(=O)NCCCCc2cccnc2)CC1. The van der Waals surface area contributed by atoms with Gasteiger partial charge in [0.25, 0.3) is 0 Å². The van der Waals surface area contributed by atoms with Crippen LogP contribution in [-0.4, -0.2) is 17.4 Å². The van der Waals surface area contributed by atoms with E-state index in [0.29, 0.717) is 6.54 Å². The Labute approximate surface area is 186 Å². The van der Waals surface area contributed by atoms with Gasteiger partial charge in [-0.3, -0.25) is 9.78 Å². The fourth-order valence-electron chi connectivity index (χ4n) is 4.59. The first-order valence-electron chi connectivity index (χ1n) is 11.6. The van der Waals surface area contributed by atoms with Crippen LogP contribution >= 0.6 is 0 Å². The van der Waals surface area contributed by atoms with E-state index in [1.807, 2.05) is 18.3 Å². The van der Waals surface area contributed by atoms with Crippen molar-refractivity contribution in [3.8, 4) is 0 Å². The van der Waals surface area contributed by atoms with Gasteiger partial charge < -0.3 is 5.32 Å². The zero-order valence-corrected chi connectivity index (χ0v) is 18.9. The predicted molar refractivity (Wildman–Crippen MR) is 124 cm³/mol. The molecule has 1 aliphatic rings. The molecule has 1 aromatic heterocycles. The van der Waals surface area contributed by atoms with Gasteiger partial charge in [-0.05, 0) is 79.3 Å². The van der Waals surface area contributed by atoms with E-state index in [-0.39, 0.29) is 22.6 Å². The molecule has 1 atom stereocenters. The molecule has 3 rings (SSSR count). The molecular formula is C27H35FN2O. The number of rotatable bonds is 12. The molecule has 0 spiro atoms. The minimum atomic E-state index is -0.191. The molecule has 4 heteroatoms. The molecule has 1 fully saturated rings. The van der Waals surface area contributed by atoms with Crippen molar-refractivity contribution in [1.82, 2.24) is 10.3 Å². The molecule has 1 aliphatic carbocycles. The monoisotopic (exact) mass is 422 g/mol. The maximum atomic E-state index is 14.0. The summed E-state index contributed by atoms with van der Waals surface area (Å²) in [4.78, 5) is 16.5. The largest absolute Gasteiger partial charge is 0.353 e. The van der Waals surface area contributed by atoms with Gasteiger partial charge in [0.05, 0.1) is 0 Å². The van der Waals surface area contributed by atoms with Gasteiger partial charge in [-0.25, -0.2) is 4.39 Å². The lowest BCUT2D eigenvalue weighted by molar-refractivity contribution is -0.116. The number of amides is 1. The minimum absolute atomic E-state index is 0.0373. The normalized spacial score (nSPS) is 16.7. The van der Waals surface area contributed by atoms with Crippen LogP contribution in [0.15, 0.2) is 60.9 Å². The van der Waals surface area contributed by atoms with Crippen molar-refractivity contribution in [1.29, 1.82) is 0 Å². The van der Waals surface area contributed by atoms with Gasteiger partial charge in [-0.1, -0.05) is 51.0 Å². The second-order valence-corrected chi connectivity index (χ2v) is 9.04. The van der Waals surface area contributed by atoms with Crippen LogP contribution in [0.4, 0.5) is 4.39 Å². The number of nitrogens with zero attached hydrogens (tertiary/aromatic N) is 1. The van der Waals surface area contributed by atoms with Crippen molar-refractivity contribution >= 4 is 5.91 Å². The highest BCUT2D eigenvalue weighted by molar-refractivity contribution is 5.87. The zero-order valence-electron chi connectivity index (χ0n) is 18.9. The molecule has 2 aromatic rings. The number of hydrogen-bond donors (Lipinski definition) is 1. The Morgan fingerprint density at radius 3 is 2.74 bits per heavy atom. The molecule has 1 unspecified atom stereocenters. The molecule has 3 nitrogen and oxygen atoms in total. The number of pyridine rings is 1. The van der Waals surface area contributed by atoms with Crippen molar-refractivity contribution < 1.29 is 9.18 Å². The lowest BCUT2D eigenvalue weighted by Crippen LogP contribution is -2.33. The van der Waals surface area contributed by atoms with Gasteiger partial charge in [0.1, 0.15) is 5.82 Å². The zero-order chi connectivity index (χ0) is 22.2. The van der Waals surface area contributed by atoms with Gasteiger partial charge in [0.2, 0.25) is 5.91 Å². The van der Waals surface area contributed by atoms with E-state index in [1.165, 1.54) is 11.6 Å². The highest BCUT2D eigenvalue weighted by atomic mass is 19.1. The van der Waals surface area contributed by atoms with Crippen molar-refractivity contribution in [2.45, 2.75) is 70.6 Å². The van der Waals surface area contributed by atoms with Crippen LogP contribution in [0.2, 0.25) is 0 Å². The highest BCUT2D eigenvalue weighted by Crippen LogP contribution is 2.62. The molecule has 1 amide bonds. The van der Waals surface area contributed by atoms with E-state index >= 15 is 0 Å². The van der Waals surface area contributed by atoms with E-state index in [2.05, 4.69) is 36.3 Å². The number of carbonyl (C=O) groups excluding carboxylic acids is 1. The molecular weight excluding hydrogens is 387 g/mol. The predicted octanol–water partition coefficient (Wildman–Crippen LogP) is 6.14. The first kappa shape index (κ1) is 23.2.